The first-order chi connectivity index (χ1) is 11.3. The molecule has 0 radical (unpaired) electrons. The Hall–Kier alpha value is -1.44. The maximum Gasteiger partial charge on any atom is 0.264 e. The molecule has 2 aromatic rings. The number of thiophene rings is 1. The first-order valence-corrected chi connectivity index (χ1v) is 10.7. The van der Waals surface area contributed by atoms with E-state index in [1.54, 1.807) is 7.05 Å². The maximum atomic E-state index is 12.9. The van der Waals surface area contributed by atoms with Gasteiger partial charge in [-0.15, -0.1) is 11.3 Å². The average Bonchev–Trinajstić information content (AvgIpc) is 2.90. The third kappa shape index (κ3) is 3.20. The van der Waals surface area contributed by atoms with Gasteiger partial charge in [0, 0.05) is 30.9 Å². The predicted octanol–water partition coefficient (Wildman–Crippen LogP) is 2.71. The quantitative estimate of drug-likeness (QED) is 0.839. The molecule has 1 aromatic heterocycles. The Morgan fingerprint density at radius 3 is 2.46 bits per heavy atom. The third-order valence-corrected chi connectivity index (χ3v) is 7.43. The molecule has 130 valence electrons. The van der Waals surface area contributed by atoms with E-state index in [9.17, 15) is 13.2 Å². The Morgan fingerprint density at radius 2 is 1.88 bits per heavy atom. The number of rotatable bonds is 3. The molecule has 0 unspecified atom stereocenters. The summed E-state index contributed by atoms with van der Waals surface area (Å²) < 4.78 is 25.9. The van der Waals surface area contributed by atoms with Crippen LogP contribution in [-0.2, 0) is 10.0 Å². The molecule has 1 saturated heterocycles. The summed E-state index contributed by atoms with van der Waals surface area (Å²) in [6.45, 7) is 3.18. The lowest BCUT2D eigenvalue weighted by atomic mass is 10.0. The summed E-state index contributed by atoms with van der Waals surface area (Å²) in [5, 5.41) is 1.14. The van der Waals surface area contributed by atoms with E-state index < -0.39 is 10.0 Å². The van der Waals surface area contributed by atoms with Crippen LogP contribution in [0.25, 0.3) is 10.1 Å². The van der Waals surface area contributed by atoms with Crippen molar-refractivity contribution >= 4 is 37.4 Å². The fourth-order valence-electron chi connectivity index (χ4n) is 3.23. The second kappa shape index (κ2) is 6.46. The largest absolute Gasteiger partial charge is 0.338 e. The highest BCUT2D eigenvalue weighted by Gasteiger charge is 2.30. The van der Waals surface area contributed by atoms with Crippen molar-refractivity contribution in [3.05, 3.63) is 34.7 Å². The summed E-state index contributed by atoms with van der Waals surface area (Å²) in [7, 11) is -1.57. The van der Waals surface area contributed by atoms with E-state index in [1.807, 2.05) is 36.1 Å². The second-order valence-electron chi connectivity index (χ2n) is 6.35. The molecule has 0 N–H and O–H groups in total. The minimum absolute atomic E-state index is 0.0208. The Morgan fingerprint density at radius 1 is 1.25 bits per heavy atom. The molecule has 7 heteroatoms. The van der Waals surface area contributed by atoms with E-state index in [2.05, 4.69) is 0 Å². The van der Waals surface area contributed by atoms with Gasteiger partial charge in [-0.05, 0) is 36.8 Å². The zero-order valence-corrected chi connectivity index (χ0v) is 15.8. The van der Waals surface area contributed by atoms with Crippen molar-refractivity contribution in [1.29, 1.82) is 0 Å². The van der Waals surface area contributed by atoms with Gasteiger partial charge in [-0.1, -0.05) is 18.2 Å². The highest BCUT2D eigenvalue weighted by atomic mass is 32.2. The third-order valence-electron chi connectivity index (χ3n) is 4.83. The molecule has 1 aromatic carbocycles. The molecule has 1 aliphatic rings. The van der Waals surface area contributed by atoms with Crippen LogP contribution in [0.4, 0.5) is 0 Å². The number of hydrogen-bond acceptors (Lipinski definition) is 4. The SMILES string of the molecule is Cc1c(C(=O)N2CCC(N(C)S(C)(=O)=O)CC2)sc2ccccc12. The van der Waals surface area contributed by atoms with Gasteiger partial charge in [0.25, 0.3) is 5.91 Å². The van der Waals surface area contributed by atoms with Crippen molar-refractivity contribution in [3.8, 4) is 0 Å². The monoisotopic (exact) mass is 366 g/mol. The fourth-order valence-corrected chi connectivity index (χ4v) is 5.15. The van der Waals surface area contributed by atoms with Gasteiger partial charge in [0.05, 0.1) is 11.1 Å². The Kier molecular flexibility index (Phi) is 4.68. The van der Waals surface area contributed by atoms with Gasteiger partial charge in [-0.3, -0.25) is 4.79 Å². The summed E-state index contributed by atoms with van der Waals surface area (Å²) in [6, 6.07) is 8.04. The van der Waals surface area contributed by atoms with E-state index in [0.717, 1.165) is 20.5 Å². The lowest BCUT2D eigenvalue weighted by Crippen LogP contribution is -2.46. The van der Waals surface area contributed by atoms with Crippen LogP contribution in [0.1, 0.15) is 28.1 Å². The average molecular weight is 367 g/mol. The lowest BCUT2D eigenvalue weighted by molar-refractivity contribution is 0.0690. The summed E-state index contributed by atoms with van der Waals surface area (Å²) in [6.07, 6.45) is 2.59. The van der Waals surface area contributed by atoms with Crippen molar-refractivity contribution in [2.24, 2.45) is 0 Å². The Bertz CT molecular complexity index is 865. The molecular formula is C17H22N2O3S2. The number of aryl methyl sites for hydroxylation is 1. The standard InChI is InChI=1S/C17H22N2O3S2/c1-12-14-6-4-5-7-15(14)23-16(12)17(20)19-10-8-13(9-11-19)18(2)24(3,21)22/h4-7,13H,8-11H2,1-3H3. The van der Waals surface area contributed by atoms with E-state index in [4.69, 9.17) is 0 Å². The molecule has 1 fully saturated rings. The van der Waals surface area contributed by atoms with Crippen molar-refractivity contribution in [1.82, 2.24) is 9.21 Å². The van der Waals surface area contributed by atoms with Gasteiger partial charge in [-0.2, -0.15) is 0 Å². The first-order valence-electron chi connectivity index (χ1n) is 7.99. The van der Waals surface area contributed by atoms with Gasteiger partial charge in [0.15, 0.2) is 0 Å². The van der Waals surface area contributed by atoms with E-state index in [1.165, 1.54) is 21.9 Å². The van der Waals surface area contributed by atoms with Crippen LogP contribution >= 0.6 is 11.3 Å². The number of nitrogens with zero attached hydrogens (tertiary/aromatic N) is 2. The molecule has 5 nitrogen and oxygen atoms in total. The topological polar surface area (TPSA) is 57.7 Å². The first kappa shape index (κ1) is 17.4. The van der Waals surface area contributed by atoms with E-state index >= 15 is 0 Å². The van der Waals surface area contributed by atoms with E-state index in [0.29, 0.717) is 25.9 Å². The van der Waals surface area contributed by atoms with Crippen LogP contribution in [0.15, 0.2) is 24.3 Å². The summed E-state index contributed by atoms with van der Waals surface area (Å²) >= 11 is 1.54. The second-order valence-corrected chi connectivity index (χ2v) is 9.45. The number of hydrogen-bond donors (Lipinski definition) is 0. The van der Waals surface area contributed by atoms with Crippen LogP contribution in [-0.4, -0.2) is 56.0 Å². The molecule has 3 rings (SSSR count). The van der Waals surface area contributed by atoms with Crippen molar-refractivity contribution in [3.63, 3.8) is 0 Å². The molecule has 0 atom stereocenters. The zero-order chi connectivity index (χ0) is 17.5. The minimum atomic E-state index is -3.18. The molecule has 1 amide bonds. The van der Waals surface area contributed by atoms with Gasteiger partial charge in [0.1, 0.15) is 0 Å². The Labute approximate surface area is 146 Å². The normalized spacial score (nSPS) is 16.9. The number of piperidine rings is 1. The Balaban J connectivity index is 1.74. The van der Waals surface area contributed by atoms with Gasteiger partial charge >= 0.3 is 0 Å². The highest BCUT2D eigenvalue weighted by Crippen LogP contribution is 2.32. The zero-order valence-electron chi connectivity index (χ0n) is 14.2. The highest BCUT2D eigenvalue weighted by molar-refractivity contribution is 7.88. The minimum Gasteiger partial charge on any atom is -0.338 e. The number of sulfonamides is 1. The summed E-state index contributed by atoms with van der Waals surface area (Å²) in [5.74, 6) is 0.0640. The number of benzene rings is 1. The number of carbonyl (C=O) groups excluding carboxylic acids is 1. The molecule has 2 heterocycles. The molecule has 0 saturated carbocycles. The maximum absolute atomic E-state index is 12.9. The number of fused-ring (bicyclic) bond motifs is 1. The fraction of sp³-hybridized carbons (Fsp3) is 0.471. The van der Waals surface area contributed by atoms with Crippen LogP contribution in [0.2, 0.25) is 0 Å². The van der Waals surface area contributed by atoms with E-state index in [-0.39, 0.29) is 11.9 Å². The predicted molar refractivity (Wildman–Crippen MR) is 98.1 cm³/mol. The molecule has 0 spiro atoms. The molecule has 24 heavy (non-hydrogen) atoms. The van der Waals surface area contributed by atoms with Gasteiger partial charge < -0.3 is 4.90 Å². The van der Waals surface area contributed by atoms with Gasteiger partial charge in [-0.25, -0.2) is 12.7 Å². The molecule has 1 aliphatic heterocycles. The smallest absolute Gasteiger partial charge is 0.264 e. The molecule has 0 bridgehead atoms. The van der Waals surface area contributed by atoms with Crippen molar-refractivity contribution < 1.29 is 13.2 Å². The summed E-state index contributed by atoms with van der Waals surface area (Å²) in [4.78, 5) is 15.5. The summed E-state index contributed by atoms with van der Waals surface area (Å²) in [5.41, 5.74) is 1.04. The number of likely N-dealkylation sites (tertiary alicyclic amines) is 1. The van der Waals surface area contributed by atoms with Crippen molar-refractivity contribution in [2.75, 3.05) is 26.4 Å². The molecular weight excluding hydrogens is 344 g/mol. The lowest BCUT2D eigenvalue weighted by Gasteiger charge is -2.35. The van der Waals surface area contributed by atoms with Crippen LogP contribution < -0.4 is 0 Å². The number of carbonyl (C=O) groups is 1. The van der Waals surface area contributed by atoms with Gasteiger partial charge in [0.2, 0.25) is 10.0 Å². The van der Waals surface area contributed by atoms with Crippen LogP contribution in [0, 0.1) is 6.92 Å². The van der Waals surface area contributed by atoms with Crippen LogP contribution in [0.3, 0.4) is 0 Å². The van der Waals surface area contributed by atoms with Crippen LogP contribution in [0.5, 0.6) is 0 Å². The van der Waals surface area contributed by atoms with Crippen molar-refractivity contribution in [2.45, 2.75) is 25.8 Å². The number of amides is 1. The molecule has 0 aliphatic carbocycles.